The fourth-order valence-corrected chi connectivity index (χ4v) is 2.16. The third-order valence-corrected chi connectivity index (χ3v) is 3.14. The molecular formula is C11H7ClOS. The standard InChI is InChI=1S/C11H7ClOS/c12-11(13)10-6-9(7-14-10)8-4-2-1-3-5-8/h1-7H. The van der Waals surface area contributed by atoms with Crippen LogP contribution in [0.3, 0.4) is 0 Å². The van der Waals surface area contributed by atoms with Crippen molar-refractivity contribution >= 4 is 28.2 Å². The third kappa shape index (κ3) is 1.86. The zero-order valence-electron chi connectivity index (χ0n) is 7.24. The molecular weight excluding hydrogens is 216 g/mol. The van der Waals surface area contributed by atoms with Crippen molar-refractivity contribution in [1.29, 1.82) is 0 Å². The highest BCUT2D eigenvalue weighted by molar-refractivity contribution is 7.14. The van der Waals surface area contributed by atoms with E-state index < -0.39 is 5.24 Å². The number of carbonyl (C=O) groups excluding carboxylic acids is 1. The summed E-state index contributed by atoms with van der Waals surface area (Å²) in [7, 11) is 0. The zero-order chi connectivity index (χ0) is 9.97. The summed E-state index contributed by atoms with van der Waals surface area (Å²) in [5.74, 6) is 0. The van der Waals surface area contributed by atoms with Crippen molar-refractivity contribution < 1.29 is 4.79 Å². The molecule has 1 aromatic carbocycles. The van der Waals surface area contributed by atoms with Gasteiger partial charge in [0, 0.05) is 0 Å². The van der Waals surface area contributed by atoms with Gasteiger partial charge in [0.05, 0.1) is 4.88 Å². The summed E-state index contributed by atoms with van der Waals surface area (Å²) in [4.78, 5) is 11.5. The second-order valence-corrected chi connectivity index (χ2v) is 4.09. The summed E-state index contributed by atoms with van der Waals surface area (Å²) in [6, 6.07) is 11.7. The van der Waals surface area contributed by atoms with E-state index in [-0.39, 0.29) is 0 Å². The highest BCUT2D eigenvalue weighted by atomic mass is 35.5. The van der Waals surface area contributed by atoms with Crippen LogP contribution >= 0.6 is 22.9 Å². The summed E-state index contributed by atoms with van der Waals surface area (Å²) < 4.78 is 0. The summed E-state index contributed by atoms with van der Waals surface area (Å²) in [5.41, 5.74) is 2.15. The SMILES string of the molecule is O=C(Cl)c1cc(-c2ccccc2)cs1. The van der Waals surface area contributed by atoms with Crippen molar-refractivity contribution in [2.75, 3.05) is 0 Å². The lowest BCUT2D eigenvalue weighted by Gasteiger charge is -1.94. The van der Waals surface area contributed by atoms with Crippen molar-refractivity contribution in [3.05, 3.63) is 46.7 Å². The van der Waals surface area contributed by atoms with Gasteiger partial charge in [0.15, 0.2) is 0 Å². The van der Waals surface area contributed by atoms with Crippen molar-refractivity contribution in [3.63, 3.8) is 0 Å². The summed E-state index contributed by atoms with van der Waals surface area (Å²) >= 11 is 6.75. The van der Waals surface area contributed by atoms with Gasteiger partial charge in [0.25, 0.3) is 5.24 Å². The number of benzene rings is 1. The number of hydrogen-bond acceptors (Lipinski definition) is 2. The number of hydrogen-bond donors (Lipinski definition) is 0. The number of carbonyl (C=O) groups is 1. The third-order valence-electron chi connectivity index (χ3n) is 1.90. The molecule has 0 atom stereocenters. The second-order valence-electron chi connectivity index (χ2n) is 2.84. The van der Waals surface area contributed by atoms with Crippen LogP contribution in [0.4, 0.5) is 0 Å². The van der Waals surface area contributed by atoms with Crippen LogP contribution in [0.1, 0.15) is 9.67 Å². The Morgan fingerprint density at radius 3 is 2.43 bits per heavy atom. The summed E-state index contributed by atoms with van der Waals surface area (Å²) in [6.45, 7) is 0. The minimum absolute atomic E-state index is 0.391. The van der Waals surface area contributed by atoms with Gasteiger partial charge < -0.3 is 0 Å². The maximum Gasteiger partial charge on any atom is 0.262 e. The molecule has 2 aromatic rings. The monoisotopic (exact) mass is 222 g/mol. The average Bonchev–Trinajstić information content (AvgIpc) is 2.68. The van der Waals surface area contributed by atoms with Crippen LogP contribution in [0, 0.1) is 0 Å². The molecule has 0 aliphatic heterocycles. The molecule has 0 saturated heterocycles. The molecule has 1 nitrogen and oxygen atoms in total. The van der Waals surface area contributed by atoms with Crippen molar-refractivity contribution in [2.45, 2.75) is 0 Å². The van der Waals surface area contributed by atoms with Crippen LogP contribution in [-0.4, -0.2) is 5.24 Å². The van der Waals surface area contributed by atoms with Gasteiger partial charge in [0.1, 0.15) is 0 Å². The smallest absolute Gasteiger partial charge is 0.262 e. The zero-order valence-corrected chi connectivity index (χ0v) is 8.81. The van der Waals surface area contributed by atoms with E-state index in [9.17, 15) is 4.79 Å². The molecule has 0 bridgehead atoms. The van der Waals surface area contributed by atoms with Crippen molar-refractivity contribution in [3.8, 4) is 11.1 Å². The van der Waals surface area contributed by atoms with E-state index in [2.05, 4.69) is 0 Å². The molecule has 0 radical (unpaired) electrons. The van der Waals surface area contributed by atoms with E-state index >= 15 is 0 Å². The molecule has 0 amide bonds. The van der Waals surface area contributed by atoms with E-state index in [1.54, 1.807) is 0 Å². The van der Waals surface area contributed by atoms with Gasteiger partial charge in [-0.15, -0.1) is 11.3 Å². The van der Waals surface area contributed by atoms with E-state index in [4.69, 9.17) is 11.6 Å². The summed E-state index contributed by atoms with van der Waals surface area (Å²) in [6.07, 6.45) is 0. The van der Waals surface area contributed by atoms with Gasteiger partial charge in [0.2, 0.25) is 0 Å². The molecule has 0 aliphatic rings. The normalized spacial score (nSPS) is 10.1. The molecule has 0 saturated carbocycles. The van der Waals surface area contributed by atoms with Gasteiger partial charge in [-0.1, -0.05) is 30.3 Å². The first-order chi connectivity index (χ1) is 6.77. The fourth-order valence-electron chi connectivity index (χ4n) is 1.22. The highest BCUT2D eigenvalue weighted by Gasteiger charge is 2.06. The topological polar surface area (TPSA) is 17.1 Å². The maximum atomic E-state index is 10.9. The maximum absolute atomic E-state index is 10.9. The predicted molar refractivity (Wildman–Crippen MR) is 59.9 cm³/mol. The minimum Gasteiger partial charge on any atom is -0.275 e. The molecule has 0 fully saturated rings. The quantitative estimate of drug-likeness (QED) is 0.707. The Balaban J connectivity index is 2.39. The van der Waals surface area contributed by atoms with Crippen molar-refractivity contribution in [1.82, 2.24) is 0 Å². The molecule has 0 spiro atoms. The van der Waals surface area contributed by atoms with Gasteiger partial charge in [-0.25, -0.2) is 0 Å². The molecule has 14 heavy (non-hydrogen) atoms. The molecule has 0 unspecified atom stereocenters. The Morgan fingerprint density at radius 2 is 1.86 bits per heavy atom. The van der Waals surface area contributed by atoms with E-state index in [1.165, 1.54) is 11.3 Å². The summed E-state index contributed by atoms with van der Waals surface area (Å²) in [5, 5.41) is 1.54. The number of rotatable bonds is 2. The van der Waals surface area contributed by atoms with Crippen LogP contribution in [0.5, 0.6) is 0 Å². The molecule has 2 rings (SSSR count). The number of thiophene rings is 1. The van der Waals surface area contributed by atoms with Crippen LogP contribution in [0.15, 0.2) is 41.8 Å². The first-order valence-electron chi connectivity index (χ1n) is 4.11. The van der Waals surface area contributed by atoms with E-state index in [0.717, 1.165) is 11.1 Å². The van der Waals surface area contributed by atoms with Gasteiger partial charge >= 0.3 is 0 Å². The Morgan fingerprint density at radius 1 is 1.14 bits per heavy atom. The Kier molecular flexibility index (Phi) is 2.66. The Hall–Kier alpha value is -1.12. The van der Waals surface area contributed by atoms with Crippen molar-refractivity contribution in [2.24, 2.45) is 0 Å². The molecule has 0 N–H and O–H groups in total. The lowest BCUT2D eigenvalue weighted by atomic mass is 10.1. The Labute approximate surface area is 91.0 Å². The first-order valence-corrected chi connectivity index (χ1v) is 5.37. The lowest BCUT2D eigenvalue weighted by Crippen LogP contribution is -1.79. The average molecular weight is 223 g/mol. The largest absolute Gasteiger partial charge is 0.275 e. The van der Waals surface area contributed by atoms with Crippen LogP contribution < -0.4 is 0 Å². The molecule has 1 aromatic heterocycles. The predicted octanol–water partition coefficient (Wildman–Crippen LogP) is 3.79. The number of halogens is 1. The fraction of sp³-hybridized carbons (Fsp3) is 0. The first kappa shape index (κ1) is 9.44. The lowest BCUT2D eigenvalue weighted by molar-refractivity contribution is 0.108. The van der Waals surface area contributed by atoms with Gasteiger partial charge in [-0.05, 0) is 34.2 Å². The highest BCUT2D eigenvalue weighted by Crippen LogP contribution is 2.26. The minimum atomic E-state index is -0.391. The molecule has 0 aliphatic carbocycles. The van der Waals surface area contributed by atoms with Gasteiger partial charge in [-0.2, -0.15) is 0 Å². The van der Waals surface area contributed by atoms with Crippen LogP contribution in [0.25, 0.3) is 11.1 Å². The Bertz CT molecular complexity index is 447. The molecule has 70 valence electrons. The van der Waals surface area contributed by atoms with Gasteiger partial charge in [-0.3, -0.25) is 4.79 Å². The molecule has 3 heteroatoms. The van der Waals surface area contributed by atoms with E-state index in [1.807, 2.05) is 41.8 Å². The van der Waals surface area contributed by atoms with Crippen LogP contribution in [-0.2, 0) is 0 Å². The van der Waals surface area contributed by atoms with Crippen LogP contribution in [0.2, 0.25) is 0 Å². The second kappa shape index (κ2) is 3.95. The van der Waals surface area contributed by atoms with E-state index in [0.29, 0.717) is 4.88 Å². The molecule has 1 heterocycles.